The number of anilines is 1. The molecule has 11 heteroatoms. The summed E-state index contributed by atoms with van der Waals surface area (Å²) in [6.45, 7) is 6.02. The highest BCUT2D eigenvalue weighted by molar-refractivity contribution is 7.92. The first kappa shape index (κ1) is 29.1. The van der Waals surface area contributed by atoms with Gasteiger partial charge in [0.25, 0.3) is 0 Å². The van der Waals surface area contributed by atoms with Gasteiger partial charge in [0.2, 0.25) is 21.8 Å². The van der Waals surface area contributed by atoms with Crippen LogP contribution in [0.25, 0.3) is 0 Å². The Labute approximate surface area is 224 Å². The maximum atomic E-state index is 13.8. The van der Waals surface area contributed by atoms with Crippen LogP contribution in [0.5, 0.6) is 17.2 Å². The van der Waals surface area contributed by atoms with Crippen molar-refractivity contribution in [2.75, 3.05) is 37.4 Å². The van der Waals surface area contributed by atoms with Gasteiger partial charge in [-0.3, -0.25) is 13.9 Å². The van der Waals surface area contributed by atoms with Crippen LogP contribution in [0.15, 0.2) is 42.5 Å². The first-order chi connectivity index (χ1) is 18.1. The molecule has 2 atom stereocenters. The lowest BCUT2D eigenvalue weighted by Crippen LogP contribution is -2.53. The van der Waals surface area contributed by atoms with Gasteiger partial charge in [-0.2, -0.15) is 0 Å². The molecule has 3 rings (SSSR count). The highest BCUT2D eigenvalue weighted by Gasteiger charge is 2.32. The van der Waals surface area contributed by atoms with Crippen LogP contribution in [0.1, 0.15) is 39.2 Å². The van der Waals surface area contributed by atoms with Gasteiger partial charge in [-0.25, -0.2) is 8.42 Å². The molecule has 10 nitrogen and oxygen atoms in total. The largest absolute Gasteiger partial charge is 0.497 e. The van der Waals surface area contributed by atoms with Crippen LogP contribution in [-0.4, -0.2) is 70.3 Å². The highest BCUT2D eigenvalue weighted by Crippen LogP contribution is 2.34. The third kappa shape index (κ3) is 7.31. The Morgan fingerprint density at radius 3 is 2.39 bits per heavy atom. The van der Waals surface area contributed by atoms with Crippen LogP contribution >= 0.6 is 0 Å². The second kappa shape index (κ2) is 12.9. The van der Waals surface area contributed by atoms with Crippen LogP contribution in [0.4, 0.5) is 5.69 Å². The summed E-state index contributed by atoms with van der Waals surface area (Å²) in [5, 5.41) is 2.95. The van der Waals surface area contributed by atoms with Crippen molar-refractivity contribution < 1.29 is 32.2 Å². The summed E-state index contributed by atoms with van der Waals surface area (Å²) in [4.78, 5) is 28.5. The van der Waals surface area contributed by atoms with Crippen molar-refractivity contribution in [2.24, 2.45) is 0 Å². The highest BCUT2D eigenvalue weighted by atomic mass is 32.2. The third-order valence-corrected chi connectivity index (χ3v) is 7.51. The SMILES string of the molecule is CC[C@H](C(=O)N[C@@H](C)CC)N(Cc1cccc(OC)c1)C(=O)CN(c1ccc2c(c1)OCCO2)S(C)(=O)=O. The van der Waals surface area contributed by atoms with Gasteiger partial charge < -0.3 is 24.4 Å². The van der Waals surface area contributed by atoms with E-state index in [4.69, 9.17) is 14.2 Å². The van der Waals surface area contributed by atoms with Gasteiger partial charge in [0, 0.05) is 18.7 Å². The zero-order valence-corrected chi connectivity index (χ0v) is 23.4. The smallest absolute Gasteiger partial charge is 0.244 e. The van der Waals surface area contributed by atoms with E-state index in [2.05, 4.69) is 5.32 Å². The number of rotatable bonds is 12. The number of nitrogens with zero attached hydrogens (tertiary/aromatic N) is 2. The molecule has 2 aromatic rings. The van der Waals surface area contributed by atoms with Gasteiger partial charge in [-0.1, -0.05) is 26.0 Å². The van der Waals surface area contributed by atoms with Crippen molar-refractivity contribution in [3.63, 3.8) is 0 Å². The van der Waals surface area contributed by atoms with Gasteiger partial charge >= 0.3 is 0 Å². The van der Waals surface area contributed by atoms with Gasteiger partial charge in [-0.05, 0) is 49.6 Å². The van der Waals surface area contributed by atoms with E-state index in [1.807, 2.05) is 26.8 Å². The van der Waals surface area contributed by atoms with Crippen LogP contribution in [0.2, 0.25) is 0 Å². The lowest BCUT2D eigenvalue weighted by molar-refractivity contribution is -0.140. The summed E-state index contributed by atoms with van der Waals surface area (Å²) in [5.41, 5.74) is 1.02. The number of carbonyl (C=O) groups excluding carboxylic acids is 2. The van der Waals surface area contributed by atoms with Crippen LogP contribution in [0, 0.1) is 0 Å². The number of carbonyl (C=O) groups is 2. The molecule has 0 fully saturated rings. The van der Waals surface area contributed by atoms with Crippen molar-refractivity contribution in [1.82, 2.24) is 10.2 Å². The number of methoxy groups -OCH3 is 1. The summed E-state index contributed by atoms with van der Waals surface area (Å²) >= 11 is 0. The van der Waals surface area contributed by atoms with Crippen molar-refractivity contribution in [1.29, 1.82) is 0 Å². The average molecular weight is 548 g/mol. The molecule has 0 bridgehead atoms. The Balaban J connectivity index is 1.96. The Bertz CT molecular complexity index is 1230. The number of benzene rings is 2. The lowest BCUT2D eigenvalue weighted by Gasteiger charge is -2.33. The number of ether oxygens (including phenoxy) is 3. The van der Waals surface area contributed by atoms with E-state index in [0.717, 1.165) is 22.5 Å². The molecule has 0 saturated carbocycles. The molecule has 1 heterocycles. The molecule has 0 spiro atoms. The predicted octanol–water partition coefficient (Wildman–Crippen LogP) is 2.95. The van der Waals surface area contributed by atoms with Gasteiger partial charge in [0.1, 0.15) is 31.5 Å². The molecule has 0 saturated heterocycles. The summed E-state index contributed by atoms with van der Waals surface area (Å²) in [5.74, 6) is 0.721. The van der Waals surface area contributed by atoms with E-state index >= 15 is 0 Å². The zero-order chi connectivity index (χ0) is 27.9. The molecular formula is C27H37N3O7S. The second-order valence-corrected chi connectivity index (χ2v) is 11.1. The summed E-state index contributed by atoms with van der Waals surface area (Å²) in [6.07, 6.45) is 2.12. The van der Waals surface area contributed by atoms with Crippen molar-refractivity contribution in [2.45, 2.75) is 52.2 Å². The molecule has 1 aliphatic rings. The maximum absolute atomic E-state index is 13.8. The number of hydrogen-bond donors (Lipinski definition) is 1. The predicted molar refractivity (Wildman–Crippen MR) is 145 cm³/mol. The fourth-order valence-electron chi connectivity index (χ4n) is 4.13. The maximum Gasteiger partial charge on any atom is 0.244 e. The normalized spacial score (nSPS) is 14.2. The molecule has 0 unspecified atom stereocenters. The molecule has 38 heavy (non-hydrogen) atoms. The lowest BCUT2D eigenvalue weighted by atomic mass is 10.1. The van der Waals surface area contributed by atoms with Gasteiger partial charge in [-0.15, -0.1) is 0 Å². The van der Waals surface area contributed by atoms with E-state index in [-0.39, 0.29) is 24.2 Å². The fraction of sp³-hybridized carbons (Fsp3) is 0.481. The number of nitrogens with one attached hydrogen (secondary N) is 1. The number of hydrogen-bond acceptors (Lipinski definition) is 7. The molecular weight excluding hydrogens is 510 g/mol. The summed E-state index contributed by atoms with van der Waals surface area (Å²) in [7, 11) is -2.31. The summed E-state index contributed by atoms with van der Waals surface area (Å²) < 4.78 is 43.2. The Kier molecular flexibility index (Phi) is 9.84. The fourth-order valence-corrected chi connectivity index (χ4v) is 4.97. The van der Waals surface area contributed by atoms with Gasteiger partial charge in [0.15, 0.2) is 11.5 Å². The second-order valence-electron chi connectivity index (χ2n) is 9.21. The zero-order valence-electron chi connectivity index (χ0n) is 22.6. The van der Waals surface area contributed by atoms with Crippen molar-refractivity contribution in [3.8, 4) is 17.2 Å². The molecule has 0 aromatic heterocycles. The standard InChI is InChI=1S/C27H37N3O7S/c1-6-19(3)28-27(32)23(7-2)29(17-20-9-8-10-22(15-20)35-4)26(31)18-30(38(5,33)34)21-11-12-24-25(16-21)37-14-13-36-24/h8-12,15-16,19,23H,6-7,13-14,17-18H2,1-5H3,(H,28,32)/t19-,23+/m0/s1. The van der Waals surface area contributed by atoms with E-state index in [0.29, 0.717) is 36.9 Å². The van der Waals surface area contributed by atoms with Crippen LogP contribution in [0.3, 0.4) is 0 Å². The molecule has 1 aliphatic heterocycles. The van der Waals surface area contributed by atoms with E-state index < -0.39 is 28.5 Å². The van der Waals surface area contributed by atoms with Crippen LogP contribution in [-0.2, 0) is 26.2 Å². The molecule has 2 amide bonds. The quantitative estimate of drug-likeness (QED) is 0.435. The Morgan fingerprint density at radius 1 is 1.05 bits per heavy atom. The number of fused-ring (bicyclic) bond motifs is 1. The minimum atomic E-state index is -3.86. The third-order valence-electron chi connectivity index (χ3n) is 6.37. The van der Waals surface area contributed by atoms with Gasteiger partial charge in [0.05, 0.1) is 19.1 Å². The molecule has 0 aliphatic carbocycles. The molecule has 0 radical (unpaired) electrons. The molecule has 1 N–H and O–H groups in total. The summed E-state index contributed by atoms with van der Waals surface area (Å²) in [6, 6.07) is 11.1. The number of amides is 2. The Hall–Kier alpha value is -3.47. The van der Waals surface area contributed by atoms with Crippen molar-refractivity contribution >= 4 is 27.5 Å². The average Bonchev–Trinajstić information content (AvgIpc) is 2.90. The van der Waals surface area contributed by atoms with E-state index in [9.17, 15) is 18.0 Å². The molecule has 2 aromatic carbocycles. The monoisotopic (exact) mass is 547 g/mol. The van der Waals surface area contributed by atoms with E-state index in [1.165, 1.54) is 4.90 Å². The first-order valence-corrected chi connectivity index (χ1v) is 14.5. The number of sulfonamides is 1. The Morgan fingerprint density at radius 2 is 1.76 bits per heavy atom. The van der Waals surface area contributed by atoms with E-state index in [1.54, 1.807) is 43.5 Å². The molecule has 208 valence electrons. The minimum Gasteiger partial charge on any atom is -0.497 e. The van der Waals surface area contributed by atoms with Crippen LogP contribution < -0.4 is 23.8 Å². The minimum absolute atomic E-state index is 0.0736. The topological polar surface area (TPSA) is 114 Å². The van der Waals surface area contributed by atoms with Crippen molar-refractivity contribution in [3.05, 3.63) is 48.0 Å². The first-order valence-electron chi connectivity index (χ1n) is 12.7.